The van der Waals surface area contributed by atoms with Crippen molar-refractivity contribution in [3.8, 4) is 0 Å². The molecule has 0 saturated heterocycles. The number of ketones is 1. The predicted molar refractivity (Wildman–Crippen MR) is 62.7 cm³/mol. The second-order valence-electron chi connectivity index (χ2n) is 2.95. The summed E-state index contributed by atoms with van der Waals surface area (Å²) in [5, 5.41) is 1.93. The van der Waals surface area contributed by atoms with E-state index in [0.717, 1.165) is 14.8 Å². The summed E-state index contributed by atoms with van der Waals surface area (Å²) in [5.74, 6) is 0.0923. The molecule has 1 aromatic heterocycles. The molecule has 0 aliphatic rings. The molecule has 0 aliphatic carbocycles. The topological polar surface area (TPSA) is 30.0 Å². The number of carbonyl (C=O) groups excluding carboxylic acids is 1. The van der Waals surface area contributed by atoms with E-state index in [1.807, 2.05) is 29.6 Å². The van der Waals surface area contributed by atoms with Crippen LogP contribution in [0.5, 0.6) is 0 Å². The molecule has 0 amide bonds. The monoisotopic (exact) mass is 235 g/mol. The van der Waals surface area contributed by atoms with Crippen molar-refractivity contribution < 1.29 is 4.79 Å². The van der Waals surface area contributed by atoms with Gasteiger partial charge in [-0.15, -0.1) is 11.3 Å². The summed E-state index contributed by atoms with van der Waals surface area (Å²) < 4.78 is 0.962. The van der Waals surface area contributed by atoms with Crippen LogP contribution < -0.4 is 0 Å². The van der Waals surface area contributed by atoms with E-state index in [9.17, 15) is 4.79 Å². The Morgan fingerprint density at radius 1 is 1.40 bits per heavy atom. The summed E-state index contributed by atoms with van der Waals surface area (Å²) >= 11 is 3.11. The number of benzene rings is 1. The van der Waals surface area contributed by atoms with Crippen molar-refractivity contribution in [1.82, 2.24) is 4.98 Å². The normalized spacial score (nSPS) is 10.2. The molecule has 15 heavy (non-hydrogen) atoms. The zero-order chi connectivity index (χ0) is 10.7. The molecule has 0 spiro atoms. The Kier molecular flexibility index (Phi) is 3.18. The highest BCUT2D eigenvalue weighted by Crippen LogP contribution is 2.31. The first-order chi connectivity index (χ1) is 7.27. The van der Waals surface area contributed by atoms with Crippen molar-refractivity contribution in [2.75, 3.05) is 0 Å². The largest absolute Gasteiger partial charge is 0.294 e. The molecule has 1 aromatic carbocycles. The summed E-state index contributed by atoms with van der Waals surface area (Å²) in [6.07, 6.45) is 1.77. The quantitative estimate of drug-likeness (QED) is 0.763. The smallest absolute Gasteiger partial charge is 0.160 e. The van der Waals surface area contributed by atoms with Gasteiger partial charge in [-0.25, -0.2) is 4.98 Å². The number of aromatic nitrogens is 1. The molecule has 0 N–H and O–H groups in total. The van der Waals surface area contributed by atoms with Gasteiger partial charge in [-0.3, -0.25) is 4.79 Å². The van der Waals surface area contributed by atoms with Crippen LogP contribution in [0.4, 0.5) is 0 Å². The molecule has 4 heteroatoms. The maximum absolute atomic E-state index is 11.4. The third-order valence-corrected chi connectivity index (χ3v) is 3.83. The molecule has 0 aliphatic heterocycles. The fraction of sp³-hybridized carbons (Fsp3) is 0.0909. The Balaban J connectivity index is 2.32. The van der Waals surface area contributed by atoms with Gasteiger partial charge in [-0.05, 0) is 13.0 Å². The van der Waals surface area contributed by atoms with Gasteiger partial charge in [-0.2, -0.15) is 0 Å². The van der Waals surface area contributed by atoms with E-state index < -0.39 is 0 Å². The Morgan fingerprint density at radius 3 is 2.87 bits per heavy atom. The van der Waals surface area contributed by atoms with E-state index in [1.165, 1.54) is 11.8 Å². The molecule has 2 nitrogen and oxygen atoms in total. The van der Waals surface area contributed by atoms with Crippen LogP contribution in [-0.2, 0) is 0 Å². The molecular weight excluding hydrogens is 226 g/mol. The van der Waals surface area contributed by atoms with E-state index in [1.54, 1.807) is 24.5 Å². The second kappa shape index (κ2) is 4.59. The SMILES string of the molecule is CC(=O)c1ccccc1Sc1nccs1. The Bertz CT molecular complexity index is 465. The van der Waals surface area contributed by atoms with Crippen molar-refractivity contribution >= 4 is 28.9 Å². The lowest BCUT2D eigenvalue weighted by Crippen LogP contribution is -1.93. The fourth-order valence-corrected chi connectivity index (χ4v) is 2.96. The minimum Gasteiger partial charge on any atom is -0.294 e. The molecule has 2 aromatic rings. The van der Waals surface area contributed by atoms with Gasteiger partial charge in [0, 0.05) is 22.0 Å². The van der Waals surface area contributed by atoms with Crippen molar-refractivity contribution in [2.24, 2.45) is 0 Å². The molecule has 0 radical (unpaired) electrons. The van der Waals surface area contributed by atoms with Crippen molar-refractivity contribution in [1.29, 1.82) is 0 Å². The van der Waals surface area contributed by atoms with Crippen LogP contribution in [-0.4, -0.2) is 10.8 Å². The fourth-order valence-electron chi connectivity index (χ4n) is 1.20. The van der Waals surface area contributed by atoms with E-state index in [4.69, 9.17) is 0 Å². The maximum Gasteiger partial charge on any atom is 0.160 e. The zero-order valence-electron chi connectivity index (χ0n) is 8.14. The van der Waals surface area contributed by atoms with Gasteiger partial charge in [-0.1, -0.05) is 30.0 Å². The molecule has 0 saturated carbocycles. The highest BCUT2D eigenvalue weighted by Gasteiger charge is 2.08. The van der Waals surface area contributed by atoms with Crippen LogP contribution in [0.15, 0.2) is 45.1 Å². The Hall–Kier alpha value is -1.13. The third-order valence-electron chi connectivity index (χ3n) is 1.87. The lowest BCUT2D eigenvalue weighted by atomic mass is 10.1. The highest BCUT2D eigenvalue weighted by atomic mass is 32.2. The van der Waals surface area contributed by atoms with Gasteiger partial charge in [0.05, 0.1) is 0 Å². The molecule has 2 rings (SSSR count). The van der Waals surface area contributed by atoms with Gasteiger partial charge < -0.3 is 0 Å². The average molecular weight is 235 g/mol. The maximum atomic E-state index is 11.4. The molecule has 1 heterocycles. The van der Waals surface area contributed by atoms with Crippen LogP contribution in [0.25, 0.3) is 0 Å². The van der Waals surface area contributed by atoms with Crippen LogP contribution in [0.3, 0.4) is 0 Å². The van der Waals surface area contributed by atoms with Gasteiger partial charge in [0.1, 0.15) is 0 Å². The summed E-state index contributed by atoms with van der Waals surface area (Å²) in [6, 6.07) is 7.60. The van der Waals surface area contributed by atoms with Crippen LogP contribution in [0.2, 0.25) is 0 Å². The van der Waals surface area contributed by atoms with E-state index in [0.29, 0.717) is 0 Å². The Labute approximate surface area is 96.4 Å². The van der Waals surface area contributed by atoms with Crippen molar-refractivity contribution in [3.63, 3.8) is 0 Å². The summed E-state index contributed by atoms with van der Waals surface area (Å²) in [6.45, 7) is 1.58. The van der Waals surface area contributed by atoms with Crippen molar-refractivity contribution in [3.05, 3.63) is 41.4 Å². The molecule has 76 valence electrons. The number of nitrogens with zero attached hydrogens (tertiary/aromatic N) is 1. The summed E-state index contributed by atoms with van der Waals surface area (Å²) in [7, 11) is 0. The minimum atomic E-state index is 0.0923. The molecule has 0 fully saturated rings. The number of hydrogen-bond acceptors (Lipinski definition) is 4. The number of thiazole rings is 1. The van der Waals surface area contributed by atoms with Crippen molar-refractivity contribution in [2.45, 2.75) is 16.2 Å². The van der Waals surface area contributed by atoms with Crippen LogP contribution in [0.1, 0.15) is 17.3 Å². The summed E-state index contributed by atoms with van der Waals surface area (Å²) in [5.41, 5.74) is 0.762. The first-order valence-electron chi connectivity index (χ1n) is 4.44. The Morgan fingerprint density at radius 2 is 2.20 bits per heavy atom. The first-order valence-corrected chi connectivity index (χ1v) is 6.14. The molecule has 0 unspecified atom stereocenters. The average Bonchev–Trinajstić information content (AvgIpc) is 2.71. The lowest BCUT2D eigenvalue weighted by Gasteiger charge is -2.03. The van der Waals surface area contributed by atoms with Gasteiger partial charge in [0.2, 0.25) is 0 Å². The lowest BCUT2D eigenvalue weighted by molar-refractivity contribution is 0.101. The molecule has 0 bridgehead atoms. The van der Waals surface area contributed by atoms with E-state index in [2.05, 4.69) is 4.98 Å². The van der Waals surface area contributed by atoms with E-state index >= 15 is 0 Å². The van der Waals surface area contributed by atoms with Crippen LogP contribution in [0, 0.1) is 0 Å². The number of Topliss-reactive ketones (excluding diaryl/α,β-unsaturated/α-hetero) is 1. The third kappa shape index (κ3) is 2.46. The molecule has 0 atom stereocenters. The summed E-state index contributed by atoms with van der Waals surface area (Å²) in [4.78, 5) is 16.5. The van der Waals surface area contributed by atoms with Gasteiger partial charge in [0.15, 0.2) is 10.1 Å². The zero-order valence-corrected chi connectivity index (χ0v) is 9.77. The number of carbonyl (C=O) groups is 1. The van der Waals surface area contributed by atoms with Gasteiger partial charge in [0.25, 0.3) is 0 Å². The highest BCUT2D eigenvalue weighted by molar-refractivity contribution is 8.01. The first kappa shape index (κ1) is 10.4. The minimum absolute atomic E-state index is 0.0923. The number of rotatable bonds is 3. The van der Waals surface area contributed by atoms with Crippen LogP contribution >= 0.6 is 23.1 Å². The number of hydrogen-bond donors (Lipinski definition) is 0. The van der Waals surface area contributed by atoms with Gasteiger partial charge >= 0.3 is 0 Å². The van der Waals surface area contributed by atoms with E-state index in [-0.39, 0.29) is 5.78 Å². The second-order valence-corrected chi connectivity index (χ2v) is 5.14. The molecular formula is C11H9NOS2. The standard InChI is InChI=1S/C11H9NOS2/c1-8(13)9-4-2-3-5-10(9)15-11-12-6-7-14-11/h2-7H,1H3. The predicted octanol–water partition coefficient (Wildman–Crippen LogP) is 3.50.